The first kappa shape index (κ1) is 27.1. The van der Waals surface area contributed by atoms with Crippen molar-refractivity contribution in [3.8, 4) is 5.75 Å². The van der Waals surface area contributed by atoms with E-state index in [0.29, 0.717) is 24.4 Å². The van der Waals surface area contributed by atoms with E-state index in [2.05, 4.69) is 11.3 Å². The molecule has 37 heavy (non-hydrogen) atoms. The highest BCUT2D eigenvalue weighted by atomic mass is 32.2. The van der Waals surface area contributed by atoms with Crippen molar-refractivity contribution in [1.82, 2.24) is 4.72 Å². The highest BCUT2D eigenvalue weighted by Crippen LogP contribution is 2.36. The van der Waals surface area contributed by atoms with Gasteiger partial charge in [-0.1, -0.05) is 30.9 Å². The zero-order valence-corrected chi connectivity index (χ0v) is 21.5. The molecule has 2 aliphatic heterocycles. The van der Waals surface area contributed by atoms with E-state index in [-0.39, 0.29) is 17.9 Å². The molecule has 2 heterocycles. The fraction of sp³-hybridized carbons (Fsp3) is 0.370. The second kappa shape index (κ2) is 10.1. The molecule has 1 fully saturated rings. The minimum atomic E-state index is -4.46. The van der Waals surface area contributed by atoms with Gasteiger partial charge in [0.2, 0.25) is 0 Å². The lowest BCUT2D eigenvalue weighted by Crippen LogP contribution is -2.59. The van der Waals surface area contributed by atoms with Crippen LogP contribution in [0.5, 0.6) is 5.75 Å². The predicted octanol–water partition coefficient (Wildman–Crippen LogP) is 4.93. The van der Waals surface area contributed by atoms with Crippen molar-refractivity contribution >= 4 is 22.5 Å². The van der Waals surface area contributed by atoms with Gasteiger partial charge in [0, 0.05) is 5.57 Å². The molecular formula is C27H28F3NO5S. The maximum absolute atomic E-state index is 12.9. The number of carbonyl (C=O) groups is 1. The molecule has 2 aromatic carbocycles. The summed E-state index contributed by atoms with van der Waals surface area (Å²) >= 11 is 0. The Morgan fingerprint density at radius 1 is 1.14 bits per heavy atom. The van der Waals surface area contributed by atoms with E-state index in [9.17, 15) is 22.2 Å². The van der Waals surface area contributed by atoms with Gasteiger partial charge in [-0.3, -0.25) is 0 Å². The smallest absolute Gasteiger partial charge is 0.416 e. The van der Waals surface area contributed by atoms with Crippen molar-refractivity contribution in [2.24, 2.45) is 0 Å². The molecule has 1 N–H and O–H groups in total. The molecule has 2 aromatic rings. The molecule has 2 atom stereocenters. The molecule has 0 amide bonds. The van der Waals surface area contributed by atoms with Gasteiger partial charge in [0.15, 0.2) is 6.10 Å². The van der Waals surface area contributed by atoms with Crippen LogP contribution >= 0.6 is 0 Å². The highest BCUT2D eigenvalue weighted by Gasteiger charge is 2.44. The summed E-state index contributed by atoms with van der Waals surface area (Å²) in [7, 11) is -1.36. The number of rotatable bonds is 7. The summed E-state index contributed by atoms with van der Waals surface area (Å²) in [5.41, 5.74) is 0.571. The van der Waals surface area contributed by atoms with Gasteiger partial charge in [0.25, 0.3) is 0 Å². The largest absolute Gasteiger partial charge is 0.482 e. The number of ether oxygens (including phenoxy) is 3. The number of esters is 1. The number of cyclic esters (lactones) is 1. The maximum Gasteiger partial charge on any atom is 0.416 e. The Morgan fingerprint density at radius 2 is 1.81 bits per heavy atom. The van der Waals surface area contributed by atoms with Gasteiger partial charge in [0.05, 0.1) is 40.1 Å². The summed E-state index contributed by atoms with van der Waals surface area (Å²) in [6, 6.07) is 11.5. The molecule has 0 spiro atoms. The molecule has 10 heteroatoms. The molecular weight excluding hydrogens is 507 g/mol. The summed E-state index contributed by atoms with van der Waals surface area (Å²) < 4.78 is 71.0. The number of nitrogens with one attached hydrogen (secondary N) is 1. The van der Waals surface area contributed by atoms with Gasteiger partial charge in [0.1, 0.15) is 17.9 Å². The number of halogens is 3. The van der Waals surface area contributed by atoms with E-state index >= 15 is 0 Å². The third kappa shape index (κ3) is 5.66. The summed E-state index contributed by atoms with van der Waals surface area (Å²) in [6.45, 7) is 9.96. The number of benzene rings is 2. The molecule has 0 aromatic heterocycles. The first-order valence-electron chi connectivity index (χ1n) is 11.6. The van der Waals surface area contributed by atoms with Crippen LogP contribution in [0.4, 0.5) is 13.2 Å². The first-order chi connectivity index (χ1) is 17.3. The van der Waals surface area contributed by atoms with Gasteiger partial charge in [-0.25, -0.2) is 13.7 Å². The van der Waals surface area contributed by atoms with Crippen molar-refractivity contribution in [2.75, 3.05) is 19.8 Å². The van der Waals surface area contributed by atoms with Gasteiger partial charge in [-0.05, 0) is 62.2 Å². The zero-order chi connectivity index (χ0) is 27.0. The average molecular weight is 536 g/mol. The van der Waals surface area contributed by atoms with Crippen LogP contribution in [0, 0.1) is 0 Å². The number of hydrogen-bond donors (Lipinski definition) is 1. The topological polar surface area (TPSA) is 73.9 Å². The molecule has 0 bridgehead atoms. The Labute approximate surface area is 216 Å². The first-order valence-corrected chi connectivity index (χ1v) is 12.7. The summed E-state index contributed by atoms with van der Waals surface area (Å²) in [5.74, 6) is -0.368. The van der Waals surface area contributed by atoms with Crippen LogP contribution in [0.2, 0.25) is 0 Å². The molecule has 2 aliphatic rings. The Kier molecular flexibility index (Phi) is 7.38. The standard InChI is InChI=1S/C27H28F3NO5S/c1-5-21-22(36-20-11-9-18(10-12-20)27(28,29)30)14-35-24(32)23(21)17-7-6-8-19(13-17)26(15-34-16-26)31-37(33)25(2,3)4/h5-13,22,31H,1,14-16H2,2-4H3. The molecule has 2 unspecified atom stereocenters. The summed E-state index contributed by atoms with van der Waals surface area (Å²) in [6.07, 6.45) is -3.73. The van der Waals surface area contributed by atoms with Crippen LogP contribution in [0.15, 0.2) is 66.8 Å². The van der Waals surface area contributed by atoms with Crippen LogP contribution in [0.1, 0.15) is 37.5 Å². The van der Waals surface area contributed by atoms with E-state index < -0.39 is 45.1 Å². The molecule has 6 nitrogen and oxygen atoms in total. The van der Waals surface area contributed by atoms with Crippen molar-refractivity contribution < 1.29 is 36.4 Å². The molecule has 0 aliphatic carbocycles. The van der Waals surface area contributed by atoms with Gasteiger partial charge in [-0.15, -0.1) is 0 Å². The van der Waals surface area contributed by atoms with Crippen LogP contribution in [0.3, 0.4) is 0 Å². The Bertz CT molecular complexity index is 1240. The molecule has 1 saturated heterocycles. The van der Waals surface area contributed by atoms with Crippen molar-refractivity contribution in [3.05, 3.63) is 83.4 Å². The van der Waals surface area contributed by atoms with Crippen LogP contribution in [0.25, 0.3) is 5.57 Å². The second-order valence-corrected chi connectivity index (χ2v) is 11.9. The Morgan fingerprint density at radius 3 is 2.35 bits per heavy atom. The lowest BCUT2D eigenvalue weighted by Gasteiger charge is -2.43. The zero-order valence-electron chi connectivity index (χ0n) is 20.7. The Hall–Kier alpha value is -2.95. The van der Waals surface area contributed by atoms with Crippen LogP contribution in [-0.4, -0.2) is 40.8 Å². The van der Waals surface area contributed by atoms with E-state index in [1.54, 1.807) is 12.1 Å². The van der Waals surface area contributed by atoms with Crippen molar-refractivity contribution in [3.63, 3.8) is 0 Å². The normalized spacial score (nSPS) is 20.6. The summed E-state index contributed by atoms with van der Waals surface area (Å²) in [5, 5.41) is 0. The van der Waals surface area contributed by atoms with E-state index in [0.717, 1.165) is 17.7 Å². The third-order valence-corrected chi connectivity index (χ3v) is 7.82. The number of alkyl halides is 3. The number of carbonyl (C=O) groups excluding carboxylic acids is 1. The van der Waals surface area contributed by atoms with E-state index in [1.165, 1.54) is 18.2 Å². The minimum absolute atomic E-state index is 0.117. The average Bonchev–Trinajstić information content (AvgIpc) is 2.81. The van der Waals surface area contributed by atoms with E-state index in [1.807, 2.05) is 32.9 Å². The summed E-state index contributed by atoms with van der Waals surface area (Å²) in [4.78, 5) is 12.9. The fourth-order valence-corrected chi connectivity index (χ4v) is 4.88. The quantitative estimate of drug-likeness (QED) is 0.510. The lowest BCUT2D eigenvalue weighted by atomic mass is 9.86. The third-order valence-electron chi connectivity index (χ3n) is 6.13. The molecule has 4 rings (SSSR count). The van der Waals surface area contributed by atoms with Gasteiger partial charge < -0.3 is 14.2 Å². The SMILES string of the molecule is C=CC1=C(c2cccc(C3(NS(=O)C(C)(C)C)COC3)c2)C(=O)OCC1Oc1ccc(C(F)(F)F)cc1. The van der Waals surface area contributed by atoms with Gasteiger partial charge in [-0.2, -0.15) is 13.2 Å². The van der Waals surface area contributed by atoms with Crippen molar-refractivity contribution in [1.29, 1.82) is 0 Å². The highest BCUT2D eigenvalue weighted by molar-refractivity contribution is 7.84. The van der Waals surface area contributed by atoms with E-state index in [4.69, 9.17) is 14.2 Å². The molecule has 0 radical (unpaired) electrons. The predicted molar refractivity (Wildman–Crippen MR) is 134 cm³/mol. The van der Waals surface area contributed by atoms with Crippen LogP contribution < -0.4 is 9.46 Å². The maximum atomic E-state index is 12.9. The molecule has 198 valence electrons. The monoisotopic (exact) mass is 535 g/mol. The van der Waals surface area contributed by atoms with Crippen LogP contribution in [-0.2, 0) is 37.0 Å². The second-order valence-electron chi connectivity index (χ2n) is 9.90. The Balaban J connectivity index is 1.66. The van der Waals surface area contributed by atoms with Gasteiger partial charge >= 0.3 is 12.1 Å². The van der Waals surface area contributed by atoms with Crippen molar-refractivity contribution in [2.45, 2.75) is 43.3 Å². The molecule has 0 saturated carbocycles. The fourth-order valence-electron chi connectivity index (χ4n) is 3.99. The number of hydrogen-bond acceptors (Lipinski definition) is 5. The minimum Gasteiger partial charge on any atom is -0.482 e. The lowest BCUT2D eigenvalue weighted by molar-refractivity contribution is -0.140.